The second-order valence-electron chi connectivity index (χ2n) is 10.4. The quantitative estimate of drug-likeness (QED) is 0.448. The zero-order chi connectivity index (χ0) is 25.0. The Bertz CT molecular complexity index is 1280. The van der Waals surface area contributed by atoms with Gasteiger partial charge < -0.3 is 19.3 Å². The first-order valence-electron chi connectivity index (χ1n) is 12.8. The van der Waals surface area contributed by atoms with Gasteiger partial charge in [0.25, 0.3) is 0 Å². The van der Waals surface area contributed by atoms with E-state index in [2.05, 4.69) is 15.0 Å². The van der Waals surface area contributed by atoms with Crippen LogP contribution in [0.1, 0.15) is 77.4 Å². The SMILES string of the molecule is Cc1cccc(F)c1-c1noc(C2CC2)c1COC1CC2CC[C@@H](C1)N2c1ccc(C(=O)O)c(C)n1. The van der Waals surface area contributed by atoms with Crippen LogP contribution in [0.4, 0.5) is 10.2 Å². The Kier molecular flexibility index (Phi) is 5.79. The molecule has 3 aliphatic rings. The van der Waals surface area contributed by atoms with E-state index in [9.17, 15) is 14.3 Å². The van der Waals surface area contributed by atoms with Gasteiger partial charge in [0, 0.05) is 29.1 Å². The van der Waals surface area contributed by atoms with E-state index in [0.29, 0.717) is 41.6 Å². The number of carboxylic acids is 1. The number of aromatic nitrogens is 2. The number of rotatable bonds is 7. The van der Waals surface area contributed by atoms with Crippen LogP contribution in [0.5, 0.6) is 0 Å². The van der Waals surface area contributed by atoms with Crippen molar-refractivity contribution in [2.24, 2.45) is 0 Å². The van der Waals surface area contributed by atoms with E-state index in [1.807, 2.05) is 19.1 Å². The number of halogens is 1. The highest BCUT2D eigenvalue weighted by molar-refractivity contribution is 5.89. The topological polar surface area (TPSA) is 88.7 Å². The maximum Gasteiger partial charge on any atom is 0.337 e. The first-order chi connectivity index (χ1) is 17.4. The van der Waals surface area contributed by atoms with Crippen LogP contribution in [0.2, 0.25) is 0 Å². The van der Waals surface area contributed by atoms with Crippen molar-refractivity contribution in [2.75, 3.05) is 4.90 Å². The number of piperidine rings is 1. The van der Waals surface area contributed by atoms with Gasteiger partial charge in [0.1, 0.15) is 23.1 Å². The zero-order valence-corrected chi connectivity index (χ0v) is 20.5. The van der Waals surface area contributed by atoms with Gasteiger partial charge in [-0.05, 0) is 76.1 Å². The minimum atomic E-state index is -0.953. The molecule has 3 aromatic rings. The number of nitrogens with zero attached hydrogens (tertiary/aromatic N) is 3. The number of benzene rings is 1. The van der Waals surface area contributed by atoms with Gasteiger partial charge >= 0.3 is 5.97 Å². The summed E-state index contributed by atoms with van der Waals surface area (Å²) >= 11 is 0. The zero-order valence-electron chi connectivity index (χ0n) is 20.5. The fourth-order valence-electron chi connectivity index (χ4n) is 6.01. The molecule has 8 heteroatoms. The summed E-state index contributed by atoms with van der Waals surface area (Å²) in [6, 6.07) is 9.14. The standard InChI is InChI=1S/C28H30FN3O4/c1-15-4-3-5-23(29)25(15)26-22(27(36-31-26)17-6-7-17)14-35-20-12-18-8-9-19(13-20)32(18)24-11-10-21(28(33)34)16(2)30-24/h3-5,10-11,17-20H,6-9,12-14H2,1-2H3,(H,33,34)/t18-,19?,20?/m0/s1. The number of carboxylic acid groups (broad SMARTS) is 1. The van der Waals surface area contributed by atoms with Crippen LogP contribution >= 0.6 is 0 Å². The molecule has 1 saturated carbocycles. The third-order valence-electron chi connectivity index (χ3n) is 7.94. The average molecular weight is 492 g/mol. The Balaban J connectivity index is 1.20. The van der Waals surface area contributed by atoms with Crippen LogP contribution in [-0.4, -0.2) is 39.4 Å². The lowest BCUT2D eigenvalue weighted by molar-refractivity contribution is 0.0146. The average Bonchev–Trinajstić information content (AvgIpc) is 3.55. The summed E-state index contributed by atoms with van der Waals surface area (Å²) in [5.74, 6) is 0.779. The molecule has 4 heterocycles. The lowest BCUT2D eigenvalue weighted by Crippen LogP contribution is -2.46. The molecule has 0 spiro atoms. The van der Waals surface area contributed by atoms with Gasteiger partial charge in [0.05, 0.1) is 24.0 Å². The Morgan fingerprint density at radius 1 is 1.14 bits per heavy atom. The summed E-state index contributed by atoms with van der Waals surface area (Å²) in [6.45, 7) is 3.99. The van der Waals surface area contributed by atoms with E-state index in [-0.39, 0.29) is 17.5 Å². The largest absolute Gasteiger partial charge is 0.478 e. The van der Waals surface area contributed by atoms with Crippen LogP contribution in [0.25, 0.3) is 11.3 Å². The van der Waals surface area contributed by atoms with Gasteiger partial charge in [0.2, 0.25) is 0 Å². The predicted octanol–water partition coefficient (Wildman–Crippen LogP) is 5.78. The fraction of sp³-hybridized carbons (Fsp3) is 0.464. The van der Waals surface area contributed by atoms with Crippen molar-refractivity contribution in [1.29, 1.82) is 0 Å². The van der Waals surface area contributed by atoms with E-state index in [4.69, 9.17) is 9.26 Å². The van der Waals surface area contributed by atoms with Crippen molar-refractivity contribution in [2.45, 2.75) is 83.1 Å². The third kappa shape index (κ3) is 4.07. The molecule has 0 amide bonds. The molecule has 2 bridgehead atoms. The van der Waals surface area contributed by atoms with Gasteiger partial charge in [0.15, 0.2) is 0 Å². The number of anilines is 1. The predicted molar refractivity (Wildman–Crippen MR) is 132 cm³/mol. The molecular formula is C28H30FN3O4. The van der Waals surface area contributed by atoms with E-state index in [1.165, 1.54) is 6.07 Å². The monoisotopic (exact) mass is 491 g/mol. The van der Waals surface area contributed by atoms with Crippen LogP contribution in [-0.2, 0) is 11.3 Å². The fourth-order valence-corrected chi connectivity index (χ4v) is 6.01. The number of fused-ring (bicyclic) bond motifs is 2. The molecule has 36 heavy (non-hydrogen) atoms. The molecule has 0 radical (unpaired) electrons. The Morgan fingerprint density at radius 2 is 1.89 bits per heavy atom. The minimum absolute atomic E-state index is 0.0784. The molecular weight excluding hydrogens is 461 g/mol. The number of hydrogen-bond donors (Lipinski definition) is 1. The number of pyridine rings is 1. The molecule has 1 N–H and O–H groups in total. The first kappa shape index (κ1) is 23.2. The molecule has 6 rings (SSSR count). The molecule has 1 aromatic carbocycles. The molecule has 2 saturated heterocycles. The van der Waals surface area contributed by atoms with Gasteiger partial charge in [-0.2, -0.15) is 0 Å². The molecule has 188 valence electrons. The number of aryl methyl sites for hydroxylation is 2. The molecule has 3 atom stereocenters. The normalized spacial score (nSPS) is 23.3. The van der Waals surface area contributed by atoms with Crippen LogP contribution in [0.15, 0.2) is 34.9 Å². The summed E-state index contributed by atoms with van der Waals surface area (Å²) in [5, 5.41) is 13.6. The second kappa shape index (κ2) is 9.00. The summed E-state index contributed by atoms with van der Waals surface area (Å²) in [4.78, 5) is 18.3. The molecule has 2 aromatic heterocycles. The molecule has 7 nitrogen and oxygen atoms in total. The van der Waals surface area contributed by atoms with Gasteiger partial charge in [-0.25, -0.2) is 14.2 Å². The number of carbonyl (C=O) groups is 1. The van der Waals surface area contributed by atoms with Crippen molar-refractivity contribution in [3.8, 4) is 11.3 Å². The Hall–Kier alpha value is -3.26. The number of ether oxygens (including phenoxy) is 1. The lowest BCUT2D eigenvalue weighted by atomic mass is 9.98. The van der Waals surface area contributed by atoms with Crippen molar-refractivity contribution < 1.29 is 23.6 Å². The van der Waals surface area contributed by atoms with Crippen LogP contribution in [0.3, 0.4) is 0 Å². The molecule has 1 aliphatic carbocycles. The van der Waals surface area contributed by atoms with Crippen molar-refractivity contribution in [3.63, 3.8) is 0 Å². The maximum absolute atomic E-state index is 14.8. The van der Waals surface area contributed by atoms with Crippen molar-refractivity contribution in [1.82, 2.24) is 10.1 Å². The van der Waals surface area contributed by atoms with E-state index in [0.717, 1.165) is 61.2 Å². The van der Waals surface area contributed by atoms with Crippen LogP contribution < -0.4 is 4.90 Å². The number of aromatic carboxylic acids is 1. The molecule has 2 unspecified atom stereocenters. The van der Waals surface area contributed by atoms with Gasteiger partial charge in [-0.15, -0.1) is 0 Å². The number of hydrogen-bond acceptors (Lipinski definition) is 6. The highest BCUT2D eigenvalue weighted by Crippen LogP contribution is 2.45. The third-order valence-corrected chi connectivity index (χ3v) is 7.94. The highest BCUT2D eigenvalue weighted by atomic mass is 19.1. The van der Waals surface area contributed by atoms with Gasteiger partial charge in [-0.1, -0.05) is 17.3 Å². The Morgan fingerprint density at radius 3 is 2.53 bits per heavy atom. The van der Waals surface area contributed by atoms with Crippen LogP contribution in [0, 0.1) is 19.7 Å². The summed E-state index contributed by atoms with van der Waals surface area (Å²) in [5.41, 5.74) is 3.54. The van der Waals surface area contributed by atoms with Crippen molar-refractivity contribution >= 4 is 11.8 Å². The van der Waals surface area contributed by atoms with Crippen molar-refractivity contribution in [3.05, 3.63) is 64.3 Å². The minimum Gasteiger partial charge on any atom is -0.478 e. The lowest BCUT2D eigenvalue weighted by Gasteiger charge is -2.39. The molecule has 3 fully saturated rings. The summed E-state index contributed by atoms with van der Waals surface area (Å²) < 4.78 is 27.0. The first-order valence-corrected chi connectivity index (χ1v) is 12.8. The second-order valence-corrected chi connectivity index (χ2v) is 10.4. The Labute approximate surface area is 209 Å². The maximum atomic E-state index is 14.8. The van der Waals surface area contributed by atoms with E-state index >= 15 is 0 Å². The smallest absolute Gasteiger partial charge is 0.337 e. The van der Waals surface area contributed by atoms with Gasteiger partial charge in [-0.3, -0.25) is 0 Å². The van der Waals surface area contributed by atoms with E-state index < -0.39 is 5.97 Å². The highest BCUT2D eigenvalue weighted by Gasteiger charge is 2.42. The summed E-state index contributed by atoms with van der Waals surface area (Å²) in [6.07, 6.45) is 6.07. The summed E-state index contributed by atoms with van der Waals surface area (Å²) in [7, 11) is 0. The van der Waals surface area contributed by atoms with E-state index in [1.54, 1.807) is 19.1 Å². The molecule has 2 aliphatic heterocycles.